The average Bonchev–Trinajstić information content (AvgIpc) is 2.52. The van der Waals surface area contributed by atoms with Crippen molar-refractivity contribution in [2.24, 2.45) is 0 Å². The molecule has 0 radical (unpaired) electrons. The van der Waals surface area contributed by atoms with E-state index in [9.17, 15) is 9.59 Å². The number of carbonyl (C=O) groups is 2. The number of nitrogen functional groups attached to an aromatic ring is 1. The lowest BCUT2D eigenvalue weighted by atomic mass is 10.2. The van der Waals surface area contributed by atoms with Gasteiger partial charge in [-0.25, -0.2) is 4.79 Å². The van der Waals surface area contributed by atoms with Crippen LogP contribution in [0, 0.1) is 10.7 Å². The summed E-state index contributed by atoms with van der Waals surface area (Å²) in [5, 5.41) is 3.13. The molecule has 0 aliphatic rings. The summed E-state index contributed by atoms with van der Waals surface area (Å²) in [5.41, 5.74) is 6.49. The summed E-state index contributed by atoms with van der Waals surface area (Å²) in [5.74, 6) is -1.24. The van der Waals surface area contributed by atoms with Crippen molar-refractivity contribution in [3.63, 3.8) is 0 Å². The fourth-order valence-electron chi connectivity index (χ4n) is 1.80. The third kappa shape index (κ3) is 5.71. The number of halogens is 5. The number of rotatable bonds is 4. The molecular formula is C15H9Cl2I3N2O3. The molecule has 0 saturated heterocycles. The standard InChI is InChI=1S/C15H9Cl2I3N2O3/c16-6-1-8(13(21)9(17)2-6)15(24)25-5-12(23)22-14-10(19)3-7(18)4-11(14)20/h1-4H,5,21H2,(H,22,23). The van der Waals surface area contributed by atoms with Crippen LogP contribution in [0.4, 0.5) is 11.4 Å². The lowest BCUT2D eigenvalue weighted by molar-refractivity contribution is -0.119. The van der Waals surface area contributed by atoms with E-state index in [0.717, 1.165) is 10.7 Å². The van der Waals surface area contributed by atoms with Gasteiger partial charge in [-0.3, -0.25) is 4.79 Å². The number of hydrogen-bond donors (Lipinski definition) is 2. The summed E-state index contributed by atoms with van der Waals surface area (Å²) >= 11 is 18.2. The Morgan fingerprint density at radius 2 is 1.68 bits per heavy atom. The molecule has 0 unspecified atom stereocenters. The van der Waals surface area contributed by atoms with Gasteiger partial charge in [-0.1, -0.05) is 23.2 Å². The molecule has 0 fully saturated rings. The van der Waals surface area contributed by atoms with Crippen molar-refractivity contribution in [2.45, 2.75) is 0 Å². The van der Waals surface area contributed by atoms with Crippen molar-refractivity contribution >= 4 is 114 Å². The second-order valence-electron chi connectivity index (χ2n) is 4.72. The monoisotopic (exact) mass is 716 g/mol. The molecule has 0 aliphatic heterocycles. The zero-order valence-corrected chi connectivity index (χ0v) is 20.2. The molecular weight excluding hydrogens is 708 g/mol. The Labute approximate surface area is 194 Å². The molecule has 0 aromatic heterocycles. The summed E-state index contributed by atoms with van der Waals surface area (Å²) in [6.07, 6.45) is 0. The Morgan fingerprint density at radius 3 is 2.28 bits per heavy atom. The SMILES string of the molecule is Nc1c(Cl)cc(Cl)cc1C(=O)OCC(=O)Nc1c(I)cc(I)cc1I. The van der Waals surface area contributed by atoms with Gasteiger partial charge in [0.05, 0.1) is 22.0 Å². The summed E-state index contributed by atoms with van der Waals surface area (Å²) < 4.78 is 7.84. The molecule has 2 rings (SSSR count). The average molecular weight is 717 g/mol. The summed E-state index contributed by atoms with van der Waals surface area (Å²) in [4.78, 5) is 24.2. The van der Waals surface area contributed by atoms with Crippen LogP contribution in [0.1, 0.15) is 10.4 Å². The normalized spacial score (nSPS) is 10.4. The first-order valence-corrected chi connectivity index (χ1v) is 10.5. The maximum absolute atomic E-state index is 12.1. The van der Waals surface area contributed by atoms with E-state index in [1.165, 1.54) is 12.1 Å². The minimum absolute atomic E-state index is 0.0173. The predicted molar refractivity (Wildman–Crippen MR) is 124 cm³/mol. The zero-order chi connectivity index (χ0) is 18.7. The molecule has 2 aromatic rings. The second kappa shape index (κ2) is 9.24. The van der Waals surface area contributed by atoms with Gasteiger partial charge in [0.2, 0.25) is 0 Å². The number of anilines is 2. The number of nitrogens with one attached hydrogen (secondary N) is 1. The lowest BCUT2D eigenvalue weighted by Crippen LogP contribution is -2.22. The summed E-state index contributed by atoms with van der Waals surface area (Å²) in [6.45, 7) is -0.458. The van der Waals surface area contributed by atoms with Gasteiger partial charge in [0.15, 0.2) is 6.61 Å². The van der Waals surface area contributed by atoms with Gasteiger partial charge in [-0.15, -0.1) is 0 Å². The minimum atomic E-state index is -0.774. The third-order valence-corrected chi connectivity index (χ3v) is 5.78. The molecule has 0 aliphatic carbocycles. The number of amides is 1. The van der Waals surface area contributed by atoms with Crippen LogP contribution in [0.3, 0.4) is 0 Å². The van der Waals surface area contributed by atoms with Crippen molar-refractivity contribution in [3.8, 4) is 0 Å². The number of ether oxygens (including phenoxy) is 1. The van der Waals surface area contributed by atoms with E-state index in [-0.39, 0.29) is 21.3 Å². The molecule has 0 atom stereocenters. The Kier molecular flexibility index (Phi) is 7.85. The van der Waals surface area contributed by atoms with Crippen LogP contribution in [-0.4, -0.2) is 18.5 Å². The number of hydrogen-bond acceptors (Lipinski definition) is 4. The first kappa shape index (κ1) is 21.3. The molecule has 132 valence electrons. The molecule has 10 heteroatoms. The van der Waals surface area contributed by atoms with Gasteiger partial charge < -0.3 is 15.8 Å². The van der Waals surface area contributed by atoms with Crippen molar-refractivity contribution in [2.75, 3.05) is 17.7 Å². The quantitative estimate of drug-likeness (QED) is 0.260. The Bertz CT molecular complexity index is 839. The highest BCUT2D eigenvalue weighted by atomic mass is 127. The van der Waals surface area contributed by atoms with Crippen molar-refractivity contribution in [1.29, 1.82) is 0 Å². The number of carbonyl (C=O) groups excluding carboxylic acids is 2. The topological polar surface area (TPSA) is 81.4 Å². The van der Waals surface area contributed by atoms with Crippen LogP contribution in [-0.2, 0) is 9.53 Å². The highest BCUT2D eigenvalue weighted by molar-refractivity contribution is 14.1. The first-order chi connectivity index (χ1) is 11.7. The fourth-order valence-corrected chi connectivity index (χ4v) is 6.15. The Balaban J connectivity index is 2.05. The van der Waals surface area contributed by atoms with Crippen LogP contribution in [0.2, 0.25) is 10.0 Å². The van der Waals surface area contributed by atoms with E-state index in [4.69, 9.17) is 33.7 Å². The molecule has 5 nitrogen and oxygen atoms in total. The predicted octanol–water partition coefficient (Wildman–Crippen LogP) is 5.18. The van der Waals surface area contributed by atoms with Crippen LogP contribution < -0.4 is 11.1 Å². The molecule has 0 heterocycles. The van der Waals surface area contributed by atoms with Crippen molar-refractivity contribution in [3.05, 3.63) is 50.6 Å². The van der Waals surface area contributed by atoms with Gasteiger partial charge >= 0.3 is 5.97 Å². The van der Waals surface area contributed by atoms with E-state index < -0.39 is 18.5 Å². The molecule has 0 spiro atoms. The number of benzene rings is 2. The van der Waals surface area contributed by atoms with Gasteiger partial charge in [0.1, 0.15) is 0 Å². The molecule has 2 aromatic carbocycles. The van der Waals surface area contributed by atoms with Crippen LogP contribution in [0.5, 0.6) is 0 Å². The molecule has 0 saturated carbocycles. The van der Waals surface area contributed by atoms with Crippen LogP contribution in [0.25, 0.3) is 0 Å². The highest BCUT2D eigenvalue weighted by Gasteiger charge is 2.17. The smallest absolute Gasteiger partial charge is 0.340 e. The Morgan fingerprint density at radius 1 is 1.08 bits per heavy atom. The molecule has 3 N–H and O–H groups in total. The fraction of sp³-hybridized carbons (Fsp3) is 0.0667. The number of esters is 1. The second-order valence-corrected chi connectivity index (χ2v) is 9.13. The summed E-state index contributed by atoms with van der Waals surface area (Å²) in [6, 6.07) is 6.62. The molecule has 1 amide bonds. The van der Waals surface area contributed by atoms with Crippen LogP contribution >= 0.6 is 91.0 Å². The largest absolute Gasteiger partial charge is 0.452 e. The molecule has 0 bridgehead atoms. The first-order valence-electron chi connectivity index (χ1n) is 6.55. The van der Waals surface area contributed by atoms with E-state index in [0.29, 0.717) is 5.69 Å². The third-order valence-electron chi connectivity index (χ3n) is 2.92. The van der Waals surface area contributed by atoms with Crippen LogP contribution in [0.15, 0.2) is 24.3 Å². The van der Waals surface area contributed by atoms with Crippen molar-refractivity contribution in [1.82, 2.24) is 0 Å². The van der Waals surface area contributed by atoms with E-state index in [2.05, 4.69) is 73.1 Å². The van der Waals surface area contributed by atoms with Crippen molar-refractivity contribution < 1.29 is 14.3 Å². The van der Waals surface area contributed by atoms with Gasteiger partial charge in [-0.2, -0.15) is 0 Å². The minimum Gasteiger partial charge on any atom is -0.452 e. The Hall–Kier alpha value is -0.0500. The van der Waals surface area contributed by atoms with E-state index >= 15 is 0 Å². The molecule has 25 heavy (non-hydrogen) atoms. The lowest BCUT2D eigenvalue weighted by Gasteiger charge is -2.12. The number of nitrogens with two attached hydrogens (primary N) is 1. The van der Waals surface area contributed by atoms with Gasteiger partial charge in [-0.05, 0) is 92.0 Å². The van der Waals surface area contributed by atoms with E-state index in [1.807, 2.05) is 12.1 Å². The maximum atomic E-state index is 12.1. The highest BCUT2D eigenvalue weighted by Crippen LogP contribution is 2.29. The zero-order valence-electron chi connectivity index (χ0n) is 12.2. The van der Waals surface area contributed by atoms with Gasteiger partial charge in [0.25, 0.3) is 5.91 Å². The summed E-state index contributed by atoms with van der Waals surface area (Å²) in [7, 11) is 0. The van der Waals surface area contributed by atoms with E-state index in [1.54, 1.807) is 0 Å². The van der Waals surface area contributed by atoms with Gasteiger partial charge in [0, 0.05) is 15.7 Å². The maximum Gasteiger partial charge on any atom is 0.340 e.